The Morgan fingerprint density at radius 2 is 1.86 bits per heavy atom. The largest absolute Gasteiger partial charge is 0.381 e. The van der Waals surface area contributed by atoms with Crippen molar-refractivity contribution in [1.82, 2.24) is 0 Å². The van der Waals surface area contributed by atoms with Gasteiger partial charge in [0.05, 0.1) is 15.6 Å². The Bertz CT molecular complexity index is 517. The summed E-state index contributed by atoms with van der Waals surface area (Å²) in [7, 11) is 0. The molecule has 1 fully saturated rings. The molecule has 4 nitrogen and oxygen atoms in total. The monoisotopic (exact) mass is 310 g/mol. The molecule has 0 amide bonds. The molecule has 116 valence electrons. The van der Waals surface area contributed by atoms with Crippen LogP contribution >= 0.6 is 11.6 Å². The summed E-state index contributed by atoms with van der Waals surface area (Å²) >= 11 is 6.13. The van der Waals surface area contributed by atoms with E-state index >= 15 is 0 Å². The van der Waals surface area contributed by atoms with Gasteiger partial charge in [-0.15, -0.1) is 0 Å². The Morgan fingerprint density at radius 1 is 1.24 bits per heavy atom. The summed E-state index contributed by atoms with van der Waals surface area (Å²) in [5.74, 6) is 0.767. The van der Waals surface area contributed by atoms with Gasteiger partial charge in [0.2, 0.25) is 0 Å². The Balaban J connectivity index is 1.96. The summed E-state index contributed by atoms with van der Waals surface area (Å²) in [5, 5.41) is 14.6. The first-order valence-corrected chi connectivity index (χ1v) is 7.85. The highest BCUT2D eigenvalue weighted by molar-refractivity contribution is 6.33. The van der Waals surface area contributed by atoms with Crippen LogP contribution in [0.15, 0.2) is 18.2 Å². The van der Waals surface area contributed by atoms with Gasteiger partial charge in [0.25, 0.3) is 5.69 Å². The van der Waals surface area contributed by atoms with Crippen LogP contribution in [0.25, 0.3) is 0 Å². The van der Waals surface area contributed by atoms with Gasteiger partial charge in [-0.1, -0.05) is 32.4 Å². The number of nitrogens with one attached hydrogen (secondary N) is 1. The fourth-order valence-electron chi connectivity index (χ4n) is 3.06. The minimum absolute atomic E-state index is 0.0296. The van der Waals surface area contributed by atoms with Gasteiger partial charge in [-0.3, -0.25) is 10.1 Å². The Kier molecular flexibility index (Phi) is 4.77. The lowest BCUT2D eigenvalue weighted by molar-refractivity contribution is -0.384. The summed E-state index contributed by atoms with van der Waals surface area (Å²) in [6, 6.07) is 5.01. The molecule has 1 aliphatic rings. The quantitative estimate of drug-likeness (QED) is 0.611. The van der Waals surface area contributed by atoms with E-state index in [4.69, 9.17) is 11.6 Å². The number of halogens is 1. The van der Waals surface area contributed by atoms with E-state index in [1.54, 1.807) is 6.07 Å². The van der Waals surface area contributed by atoms with Crippen molar-refractivity contribution in [1.29, 1.82) is 0 Å². The van der Waals surface area contributed by atoms with Crippen LogP contribution in [-0.4, -0.2) is 11.0 Å². The van der Waals surface area contributed by atoms with Gasteiger partial charge in [0.15, 0.2) is 0 Å². The third-order valence-electron chi connectivity index (χ3n) is 4.48. The molecule has 1 aromatic rings. The van der Waals surface area contributed by atoms with Gasteiger partial charge >= 0.3 is 0 Å². The molecule has 1 aliphatic carbocycles. The van der Waals surface area contributed by atoms with Crippen molar-refractivity contribution in [2.24, 2.45) is 11.3 Å². The zero-order valence-electron chi connectivity index (χ0n) is 12.9. The van der Waals surface area contributed by atoms with Crippen molar-refractivity contribution in [3.63, 3.8) is 0 Å². The number of hydrogen-bond acceptors (Lipinski definition) is 3. The molecule has 1 aromatic carbocycles. The Hall–Kier alpha value is -1.29. The topological polar surface area (TPSA) is 55.2 Å². The number of anilines is 1. The Morgan fingerprint density at radius 3 is 2.33 bits per heavy atom. The number of nitro groups is 1. The van der Waals surface area contributed by atoms with Crippen molar-refractivity contribution in [3.8, 4) is 0 Å². The van der Waals surface area contributed by atoms with Gasteiger partial charge < -0.3 is 5.32 Å². The fourth-order valence-corrected chi connectivity index (χ4v) is 3.29. The van der Waals surface area contributed by atoms with E-state index in [1.807, 2.05) is 0 Å². The molecule has 0 saturated heterocycles. The van der Waals surface area contributed by atoms with Crippen LogP contribution in [0.2, 0.25) is 5.02 Å². The second-order valence-corrected chi connectivity index (χ2v) is 7.39. The lowest BCUT2D eigenvalue weighted by Gasteiger charge is -2.37. The van der Waals surface area contributed by atoms with Gasteiger partial charge in [-0.2, -0.15) is 0 Å². The highest BCUT2D eigenvalue weighted by atomic mass is 35.5. The van der Waals surface area contributed by atoms with Gasteiger partial charge in [-0.05, 0) is 43.1 Å². The second-order valence-electron chi connectivity index (χ2n) is 6.98. The first-order valence-electron chi connectivity index (χ1n) is 7.48. The van der Waals surface area contributed by atoms with E-state index in [2.05, 4.69) is 26.1 Å². The maximum atomic E-state index is 10.7. The van der Waals surface area contributed by atoms with Crippen LogP contribution in [0.5, 0.6) is 0 Å². The molecule has 0 aromatic heterocycles. The fraction of sp³-hybridized carbons (Fsp3) is 0.625. The van der Waals surface area contributed by atoms with E-state index in [-0.39, 0.29) is 5.69 Å². The molecule has 0 heterocycles. The van der Waals surface area contributed by atoms with E-state index in [0.717, 1.165) is 24.4 Å². The van der Waals surface area contributed by atoms with E-state index < -0.39 is 4.92 Å². The lowest BCUT2D eigenvalue weighted by atomic mass is 9.71. The van der Waals surface area contributed by atoms with Crippen LogP contribution in [0.3, 0.4) is 0 Å². The zero-order chi connectivity index (χ0) is 15.6. The third-order valence-corrected chi connectivity index (χ3v) is 4.79. The summed E-state index contributed by atoms with van der Waals surface area (Å²) < 4.78 is 0. The predicted octanol–water partition coefficient (Wildman–Crippen LogP) is 5.27. The van der Waals surface area contributed by atoms with E-state index in [1.165, 1.54) is 25.0 Å². The molecule has 5 heteroatoms. The van der Waals surface area contributed by atoms with Crippen molar-refractivity contribution in [3.05, 3.63) is 33.3 Å². The molecule has 0 unspecified atom stereocenters. The van der Waals surface area contributed by atoms with E-state index in [0.29, 0.717) is 16.5 Å². The second kappa shape index (κ2) is 6.22. The molecule has 1 saturated carbocycles. The molecule has 0 radical (unpaired) electrons. The lowest BCUT2D eigenvalue weighted by Crippen LogP contribution is -2.31. The average Bonchev–Trinajstić information content (AvgIpc) is 2.40. The van der Waals surface area contributed by atoms with Crippen molar-refractivity contribution in [2.45, 2.75) is 52.5 Å². The summed E-state index contributed by atoms with van der Waals surface area (Å²) in [6.45, 7) is 6.91. The standard InChI is InChI=1S/C16H23ClN2O2/c1-16(2,3)11-4-6-12(7-5-11)18-15-9-8-13(19(20)21)10-14(15)17/h8-12,18H,4-7H2,1-3H3. The highest BCUT2D eigenvalue weighted by Gasteiger charge is 2.29. The first-order chi connectivity index (χ1) is 9.77. The van der Waals surface area contributed by atoms with Gasteiger partial charge in [0.1, 0.15) is 0 Å². The normalized spacial score (nSPS) is 22.9. The number of nitrogens with zero attached hydrogens (tertiary/aromatic N) is 1. The van der Waals surface area contributed by atoms with Crippen LogP contribution in [0, 0.1) is 21.4 Å². The number of nitro benzene ring substituents is 1. The Labute approximate surface area is 131 Å². The van der Waals surface area contributed by atoms with Crippen molar-refractivity contribution < 1.29 is 4.92 Å². The smallest absolute Gasteiger partial charge is 0.271 e. The molecule has 0 atom stereocenters. The number of non-ortho nitro benzene ring substituents is 1. The van der Waals surface area contributed by atoms with Gasteiger partial charge in [0, 0.05) is 18.2 Å². The number of benzene rings is 1. The molecule has 2 rings (SSSR count). The van der Waals surface area contributed by atoms with E-state index in [9.17, 15) is 10.1 Å². The van der Waals surface area contributed by atoms with Crippen molar-refractivity contribution in [2.75, 3.05) is 5.32 Å². The molecule has 1 N–H and O–H groups in total. The number of hydrogen-bond donors (Lipinski definition) is 1. The molecule has 0 spiro atoms. The molecule has 0 aliphatic heterocycles. The summed E-state index contributed by atoms with van der Waals surface area (Å²) in [5.41, 5.74) is 1.19. The predicted molar refractivity (Wildman–Crippen MR) is 86.9 cm³/mol. The number of rotatable bonds is 3. The zero-order valence-corrected chi connectivity index (χ0v) is 13.6. The molecule has 21 heavy (non-hydrogen) atoms. The summed E-state index contributed by atoms with van der Waals surface area (Å²) in [4.78, 5) is 10.3. The summed E-state index contributed by atoms with van der Waals surface area (Å²) in [6.07, 6.45) is 4.67. The maximum Gasteiger partial charge on any atom is 0.271 e. The van der Waals surface area contributed by atoms with Crippen LogP contribution in [0.4, 0.5) is 11.4 Å². The highest BCUT2D eigenvalue weighted by Crippen LogP contribution is 2.39. The molecule has 0 bridgehead atoms. The van der Waals surface area contributed by atoms with Crippen LogP contribution in [-0.2, 0) is 0 Å². The van der Waals surface area contributed by atoms with Crippen molar-refractivity contribution >= 4 is 23.0 Å². The SMILES string of the molecule is CC(C)(C)C1CCC(Nc2ccc([N+](=O)[O-])cc2Cl)CC1. The minimum Gasteiger partial charge on any atom is -0.381 e. The van der Waals surface area contributed by atoms with Crippen LogP contribution < -0.4 is 5.32 Å². The molecular formula is C16H23ClN2O2. The van der Waals surface area contributed by atoms with Crippen LogP contribution in [0.1, 0.15) is 46.5 Å². The maximum absolute atomic E-state index is 10.7. The first kappa shape index (κ1) is 16.1. The third kappa shape index (κ3) is 4.10. The molecular weight excluding hydrogens is 288 g/mol. The van der Waals surface area contributed by atoms with Gasteiger partial charge in [-0.25, -0.2) is 0 Å². The average molecular weight is 311 g/mol. The minimum atomic E-state index is -0.426.